The number of hydrogen-bond acceptors (Lipinski definition) is 2. The first-order valence-corrected chi connectivity index (χ1v) is 8.14. The van der Waals surface area contributed by atoms with Crippen molar-refractivity contribution in [1.29, 1.82) is 0 Å². The van der Waals surface area contributed by atoms with Gasteiger partial charge in [-0.2, -0.15) is 0 Å². The lowest BCUT2D eigenvalue weighted by molar-refractivity contribution is 0.170. The highest BCUT2D eigenvalue weighted by atomic mass is 35.5. The van der Waals surface area contributed by atoms with Gasteiger partial charge in [0.25, 0.3) is 0 Å². The molecule has 0 bridgehead atoms. The molecule has 1 heterocycles. The first kappa shape index (κ1) is 16.1. The molecule has 1 aliphatic rings. The van der Waals surface area contributed by atoms with Gasteiger partial charge in [-0.3, -0.25) is 0 Å². The minimum Gasteiger partial charge on any atom is -0.316 e. The normalized spacial score (nSPS) is 21.1. The van der Waals surface area contributed by atoms with E-state index in [1.54, 1.807) is 0 Å². The Labute approximate surface area is 132 Å². The van der Waals surface area contributed by atoms with Gasteiger partial charge in [-0.15, -0.1) is 0 Å². The predicted octanol–water partition coefficient (Wildman–Crippen LogP) is 3.86. The number of hydrogen-bond donors (Lipinski definition) is 1. The number of nitrogens with one attached hydrogen (secondary N) is 1. The second kappa shape index (κ2) is 7.65. The van der Waals surface area contributed by atoms with E-state index in [9.17, 15) is 0 Å². The molecule has 1 saturated heterocycles. The van der Waals surface area contributed by atoms with E-state index in [-0.39, 0.29) is 0 Å². The van der Waals surface area contributed by atoms with Crippen LogP contribution in [0.3, 0.4) is 0 Å². The molecule has 1 fully saturated rings. The van der Waals surface area contributed by atoms with Gasteiger partial charge in [-0.05, 0) is 76.5 Å². The minimum atomic E-state index is 0.622. The van der Waals surface area contributed by atoms with Crippen LogP contribution in [0.2, 0.25) is 10.0 Å². The van der Waals surface area contributed by atoms with Crippen LogP contribution in [-0.2, 0) is 6.42 Å². The first-order chi connectivity index (χ1) is 9.58. The van der Waals surface area contributed by atoms with E-state index >= 15 is 0 Å². The average molecular weight is 315 g/mol. The Balaban J connectivity index is 1.95. The maximum atomic E-state index is 6.09. The van der Waals surface area contributed by atoms with Crippen molar-refractivity contribution >= 4 is 23.2 Å². The molecule has 112 valence electrons. The summed E-state index contributed by atoms with van der Waals surface area (Å²) in [7, 11) is 4.38. The summed E-state index contributed by atoms with van der Waals surface area (Å²) in [6, 6.07) is 6.60. The van der Waals surface area contributed by atoms with Crippen molar-refractivity contribution in [2.24, 2.45) is 5.92 Å². The molecular formula is C16H24Cl2N2. The molecule has 2 rings (SSSR count). The van der Waals surface area contributed by atoms with Crippen LogP contribution in [0.25, 0.3) is 0 Å². The number of halogens is 2. The summed E-state index contributed by atoms with van der Waals surface area (Å²) in [5.41, 5.74) is 1.27. The maximum absolute atomic E-state index is 6.09. The number of nitrogens with zero attached hydrogens (tertiary/aromatic N) is 1. The monoisotopic (exact) mass is 314 g/mol. The standard InChI is InChI=1S/C16H24Cl2N2/c1-20(2)16(13-4-3-9-19-11-13)8-6-12-5-7-14(17)15(18)10-12/h5,7,10,13,16,19H,3-4,6,8-9,11H2,1-2H3. The quantitative estimate of drug-likeness (QED) is 0.888. The van der Waals surface area contributed by atoms with E-state index < -0.39 is 0 Å². The van der Waals surface area contributed by atoms with Crippen molar-refractivity contribution in [3.63, 3.8) is 0 Å². The van der Waals surface area contributed by atoms with Gasteiger partial charge in [-0.1, -0.05) is 29.3 Å². The fraction of sp³-hybridized carbons (Fsp3) is 0.625. The van der Waals surface area contributed by atoms with Crippen LogP contribution in [-0.4, -0.2) is 38.1 Å². The number of rotatable bonds is 5. The first-order valence-electron chi connectivity index (χ1n) is 7.39. The van der Waals surface area contributed by atoms with E-state index in [0.717, 1.165) is 25.3 Å². The highest BCUT2D eigenvalue weighted by molar-refractivity contribution is 6.42. The molecular weight excluding hydrogens is 291 g/mol. The second-order valence-corrected chi connectivity index (χ2v) is 6.74. The molecule has 1 aliphatic heterocycles. The summed E-state index contributed by atoms with van der Waals surface area (Å²) < 4.78 is 0. The van der Waals surface area contributed by atoms with Crippen molar-refractivity contribution in [3.8, 4) is 0 Å². The maximum Gasteiger partial charge on any atom is 0.0595 e. The molecule has 0 aromatic heterocycles. The molecule has 2 unspecified atom stereocenters. The lowest BCUT2D eigenvalue weighted by atomic mass is 9.87. The number of piperidine rings is 1. The van der Waals surface area contributed by atoms with E-state index in [0.29, 0.717) is 16.1 Å². The van der Waals surface area contributed by atoms with Crippen LogP contribution in [0.4, 0.5) is 0 Å². The molecule has 0 radical (unpaired) electrons. The second-order valence-electron chi connectivity index (χ2n) is 5.92. The van der Waals surface area contributed by atoms with E-state index in [1.807, 2.05) is 12.1 Å². The molecule has 2 atom stereocenters. The minimum absolute atomic E-state index is 0.622. The Morgan fingerprint density at radius 1 is 1.30 bits per heavy atom. The third kappa shape index (κ3) is 4.36. The van der Waals surface area contributed by atoms with E-state index in [2.05, 4.69) is 30.4 Å². The van der Waals surface area contributed by atoms with E-state index in [4.69, 9.17) is 23.2 Å². The molecule has 1 aromatic carbocycles. The Morgan fingerprint density at radius 3 is 2.70 bits per heavy atom. The van der Waals surface area contributed by atoms with Gasteiger partial charge >= 0.3 is 0 Å². The summed E-state index contributed by atoms with van der Waals surface area (Å²) in [5.74, 6) is 0.751. The largest absolute Gasteiger partial charge is 0.316 e. The Kier molecular flexibility index (Phi) is 6.16. The summed E-state index contributed by atoms with van der Waals surface area (Å²) in [6.07, 6.45) is 4.84. The van der Waals surface area contributed by atoms with Crippen molar-refractivity contribution in [2.45, 2.75) is 31.7 Å². The Hall–Kier alpha value is -0.280. The molecule has 0 amide bonds. The van der Waals surface area contributed by atoms with Gasteiger partial charge in [0.05, 0.1) is 10.0 Å². The average Bonchev–Trinajstić information content (AvgIpc) is 2.44. The molecule has 1 N–H and O–H groups in total. The predicted molar refractivity (Wildman–Crippen MR) is 87.9 cm³/mol. The van der Waals surface area contributed by atoms with Crippen LogP contribution < -0.4 is 5.32 Å². The number of benzene rings is 1. The highest BCUT2D eigenvalue weighted by Crippen LogP contribution is 2.25. The van der Waals surface area contributed by atoms with Crippen LogP contribution in [0.1, 0.15) is 24.8 Å². The molecule has 20 heavy (non-hydrogen) atoms. The molecule has 1 aromatic rings. The van der Waals surface area contributed by atoms with Gasteiger partial charge in [0.15, 0.2) is 0 Å². The summed E-state index contributed by atoms with van der Waals surface area (Å²) in [4.78, 5) is 2.37. The van der Waals surface area contributed by atoms with Gasteiger partial charge < -0.3 is 10.2 Å². The smallest absolute Gasteiger partial charge is 0.0595 e. The summed E-state index contributed by atoms with van der Waals surface area (Å²) in [6.45, 7) is 2.31. The molecule has 2 nitrogen and oxygen atoms in total. The Morgan fingerprint density at radius 2 is 2.10 bits per heavy atom. The topological polar surface area (TPSA) is 15.3 Å². The number of aryl methyl sites for hydroxylation is 1. The fourth-order valence-electron chi connectivity index (χ4n) is 3.13. The molecule has 0 aliphatic carbocycles. The zero-order chi connectivity index (χ0) is 14.5. The fourth-order valence-corrected chi connectivity index (χ4v) is 3.45. The lowest BCUT2D eigenvalue weighted by Gasteiger charge is -2.35. The summed E-state index contributed by atoms with van der Waals surface area (Å²) in [5, 5.41) is 4.81. The third-order valence-corrected chi connectivity index (χ3v) is 4.99. The zero-order valence-corrected chi connectivity index (χ0v) is 13.8. The lowest BCUT2D eigenvalue weighted by Crippen LogP contribution is -2.43. The van der Waals surface area contributed by atoms with Crippen LogP contribution in [0, 0.1) is 5.92 Å². The zero-order valence-electron chi connectivity index (χ0n) is 12.3. The molecule has 0 saturated carbocycles. The summed E-state index contributed by atoms with van der Waals surface area (Å²) >= 11 is 12.1. The third-order valence-electron chi connectivity index (χ3n) is 4.26. The van der Waals surface area contributed by atoms with Gasteiger partial charge in [0.2, 0.25) is 0 Å². The van der Waals surface area contributed by atoms with Crippen molar-refractivity contribution < 1.29 is 0 Å². The van der Waals surface area contributed by atoms with Crippen molar-refractivity contribution in [3.05, 3.63) is 33.8 Å². The molecule has 4 heteroatoms. The van der Waals surface area contributed by atoms with Crippen LogP contribution >= 0.6 is 23.2 Å². The molecule has 0 spiro atoms. The highest BCUT2D eigenvalue weighted by Gasteiger charge is 2.24. The Bertz CT molecular complexity index is 428. The van der Waals surface area contributed by atoms with Crippen LogP contribution in [0.15, 0.2) is 18.2 Å². The van der Waals surface area contributed by atoms with Crippen molar-refractivity contribution in [1.82, 2.24) is 10.2 Å². The van der Waals surface area contributed by atoms with Crippen LogP contribution in [0.5, 0.6) is 0 Å². The van der Waals surface area contributed by atoms with Gasteiger partial charge in [0.1, 0.15) is 0 Å². The van der Waals surface area contributed by atoms with Gasteiger partial charge in [-0.25, -0.2) is 0 Å². The van der Waals surface area contributed by atoms with E-state index in [1.165, 1.54) is 24.9 Å². The van der Waals surface area contributed by atoms with Gasteiger partial charge in [0, 0.05) is 6.04 Å². The van der Waals surface area contributed by atoms with Crippen molar-refractivity contribution in [2.75, 3.05) is 27.2 Å². The SMILES string of the molecule is CN(C)C(CCc1ccc(Cl)c(Cl)c1)C1CCCNC1.